The van der Waals surface area contributed by atoms with Crippen LogP contribution in [0.3, 0.4) is 0 Å². The molecule has 0 bridgehead atoms. The van der Waals surface area contributed by atoms with E-state index in [0.717, 1.165) is 20.9 Å². The van der Waals surface area contributed by atoms with Crippen LogP contribution in [0, 0.1) is 0 Å². The van der Waals surface area contributed by atoms with Crippen LogP contribution < -0.4 is 11.1 Å². The van der Waals surface area contributed by atoms with Crippen molar-refractivity contribution in [3.8, 4) is 0 Å². The molecule has 3 rings (SSSR count). The van der Waals surface area contributed by atoms with Gasteiger partial charge >= 0.3 is 0 Å². The summed E-state index contributed by atoms with van der Waals surface area (Å²) in [6.07, 6.45) is 1.10. The third kappa shape index (κ3) is 3.88. The molecule has 1 saturated heterocycles. The number of rotatable bonds is 2. The maximum absolute atomic E-state index is 12.5. The van der Waals surface area contributed by atoms with Crippen LogP contribution in [0.4, 0.5) is 5.69 Å². The number of carbonyl (C=O) groups excluding carboxylic acids is 1. The molecule has 1 aliphatic rings. The van der Waals surface area contributed by atoms with E-state index in [1.54, 1.807) is 11.3 Å². The van der Waals surface area contributed by atoms with Crippen LogP contribution in [-0.2, 0) is 14.9 Å². The highest BCUT2D eigenvalue weighted by molar-refractivity contribution is 7.18. The van der Waals surface area contributed by atoms with Gasteiger partial charge in [-0.05, 0) is 31.0 Å². The molecule has 7 heteroatoms. The topological polar surface area (TPSA) is 77.2 Å². The highest BCUT2D eigenvalue weighted by Gasteiger charge is 2.36. The fourth-order valence-electron chi connectivity index (χ4n) is 2.54. The Morgan fingerprint density at radius 3 is 2.62 bits per heavy atom. The Morgan fingerprint density at radius 2 is 2.00 bits per heavy atom. The molecule has 5 nitrogen and oxygen atoms in total. The number of nitrogens with zero attached hydrogens (tertiary/aromatic N) is 1. The molecule has 0 saturated carbocycles. The maximum atomic E-state index is 12.5. The molecule has 0 radical (unpaired) electrons. The molecule has 24 heavy (non-hydrogen) atoms. The van der Waals surface area contributed by atoms with Crippen molar-refractivity contribution in [3.05, 3.63) is 23.2 Å². The van der Waals surface area contributed by atoms with E-state index < -0.39 is 5.54 Å². The lowest BCUT2D eigenvalue weighted by molar-refractivity contribution is -0.124. The van der Waals surface area contributed by atoms with Gasteiger partial charge in [0.05, 0.1) is 15.2 Å². The Hall–Kier alpha value is -1.21. The van der Waals surface area contributed by atoms with Crippen molar-refractivity contribution >= 4 is 45.6 Å². The first-order valence-electron chi connectivity index (χ1n) is 7.87. The van der Waals surface area contributed by atoms with Crippen molar-refractivity contribution in [1.82, 2.24) is 4.98 Å². The van der Waals surface area contributed by atoms with Gasteiger partial charge < -0.3 is 15.8 Å². The zero-order valence-corrected chi connectivity index (χ0v) is 15.9. The summed E-state index contributed by atoms with van der Waals surface area (Å²) in [6, 6.07) is 5.81. The summed E-state index contributed by atoms with van der Waals surface area (Å²) in [5.74, 6) is -0.138. The number of amides is 1. The van der Waals surface area contributed by atoms with Crippen LogP contribution in [0.1, 0.15) is 38.6 Å². The van der Waals surface area contributed by atoms with E-state index in [9.17, 15) is 4.79 Å². The summed E-state index contributed by atoms with van der Waals surface area (Å²) in [5, 5.41) is 4.04. The van der Waals surface area contributed by atoms with Gasteiger partial charge in [-0.1, -0.05) is 20.8 Å². The minimum atomic E-state index is -0.836. The van der Waals surface area contributed by atoms with Gasteiger partial charge in [-0.3, -0.25) is 4.79 Å². The third-order valence-corrected chi connectivity index (χ3v) is 5.57. The normalized spacial score (nSPS) is 17.3. The molecule has 0 spiro atoms. The highest BCUT2D eigenvalue weighted by Crippen LogP contribution is 2.32. The number of thiazole rings is 1. The first-order chi connectivity index (χ1) is 10.8. The second kappa shape index (κ2) is 6.96. The van der Waals surface area contributed by atoms with Crippen molar-refractivity contribution in [1.29, 1.82) is 0 Å². The molecular weight excluding hydrogens is 346 g/mol. The monoisotopic (exact) mass is 369 g/mol. The van der Waals surface area contributed by atoms with Crippen LogP contribution in [-0.4, -0.2) is 29.6 Å². The summed E-state index contributed by atoms with van der Waals surface area (Å²) >= 11 is 1.67. The quantitative estimate of drug-likeness (QED) is 0.849. The average molecular weight is 370 g/mol. The molecule has 1 fully saturated rings. The molecule has 2 aromatic rings. The smallest absolute Gasteiger partial charge is 0.244 e. The summed E-state index contributed by atoms with van der Waals surface area (Å²) in [6.45, 7) is 7.52. The van der Waals surface area contributed by atoms with Gasteiger partial charge in [0, 0.05) is 24.3 Å². The number of hydrogen-bond donors (Lipinski definition) is 2. The zero-order valence-electron chi connectivity index (χ0n) is 14.2. The van der Waals surface area contributed by atoms with Crippen LogP contribution in [0.2, 0.25) is 0 Å². The largest absolute Gasteiger partial charge is 0.381 e. The van der Waals surface area contributed by atoms with Crippen LogP contribution in [0.5, 0.6) is 0 Å². The van der Waals surface area contributed by atoms with Crippen molar-refractivity contribution in [2.24, 2.45) is 5.73 Å². The zero-order chi connectivity index (χ0) is 16.7. The van der Waals surface area contributed by atoms with Gasteiger partial charge in [-0.25, -0.2) is 4.98 Å². The van der Waals surface area contributed by atoms with Gasteiger partial charge in [0.1, 0.15) is 5.54 Å². The predicted molar refractivity (Wildman–Crippen MR) is 101 cm³/mol. The minimum Gasteiger partial charge on any atom is -0.381 e. The molecule has 2 heterocycles. The number of carbonyl (C=O) groups is 1. The maximum Gasteiger partial charge on any atom is 0.244 e. The lowest BCUT2D eigenvalue weighted by Crippen LogP contribution is -2.54. The third-order valence-electron chi connectivity index (χ3n) is 4.13. The molecule has 1 aromatic carbocycles. The summed E-state index contributed by atoms with van der Waals surface area (Å²) < 4.78 is 6.37. The van der Waals surface area contributed by atoms with Gasteiger partial charge in [0.15, 0.2) is 0 Å². The molecule has 132 valence electrons. The van der Waals surface area contributed by atoms with Gasteiger partial charge in [-0.2, -0.15) is 0 Å². The highest BCUT2D eigenvalue weighted by atomic mass is 35.5. The van der Waals surface area contributed by atoms with E-state index in [2.05, 4.69) is 31.1 Å². The first-order valence-corrected chi connectivity index (χ1v) is 8.69. The number of anilines is 1. The average Bonchev–Trinajstić information content (AvgIpc) is 2.91. The van der Waals surface area contributed by atoms with Crippen molar-refractivity contribution in [2.45, 2.75) is 44.6 Å². The summed E-state index contributed by atoms with van der Waals surface area (Å²) in [4.78, 5) is 17.2. The second-order valence-electron chi connectivity index (χ2n) is 7.17. The van der Waals surface area contributed by atoms with E-state index in [1.807, 2.05) is 18.2 Å². The molecule has 1 aromatic heterocycles. The number of nitrogens with one attached hydrogen (secondary N) is 1. The summed E-state index contributed by atoms with van der Waals surface area (Å²) in [5.41, 5.74) is 7.14. The number of nitrogens with two attached hydrogens (primary N) is 1. The van der Waals surface area contributed by atoms with Gasteiger partial charge in [-0.15, -0.1) is 23.7 Å². The van der Waals surface area contributed by atoms with E-state index >= 15 is 0 Å². The van der Waals surface area contributed by atoms with Crippen LogP contribution >= 0.6 is 23.7 Å². The van der Waals surface area contributed by atoms with E-state index in [0.29, 0.717) is 26.1 Å². The Labute approximate surface area is 152 Å². The second-order valence-corrected chi connectivity index (χ2v) is 8.20. The molecule has 3 N–H and O–H groups in total. The molecule has 1 amide bonds. The molecular formula is C17H24ClN3O2S. The Bertz CT molecular complexity index is 733. The Kier molecular flexibility index (Phi) is 5.54. The minimum absolute atomic E-state index is 0. The Morgan fingerprint density at radius 1 is 1.33 bits per heavy atom. The standard InChI is InChI=1S/C17H23N3O2S.ClH/c1-16(2,3)15-20-12-5-4-11(10-13(12)23-15)19-14(21)17(18)6-8-22-9-7-17;/h4-5,10H,6-9,18H2,1-3H3,(H,19,21);1H. The fourth-order valence-corrected chi connectivity index (χ4v) is 3.60. The fraction of sp³-hybridized carbons (Fsp3) is 0.529. The summed E-state index contributed by atoms with van der Waals surface area (Å²) in [7, 11) is 0. The van der Waals surface area contributed by atoms with E-state index in [4.69, 9.17) is 10.5 Å². The van der Waals surface area contributed by atoms with Gasteiger partial charge in [0.25, 0.3) is 0 Å². The number of fused-ring (bicyclic) bond motifs is 1. The first kappa shape index (κ1) is 19.1. The van der Waals surface area contributed by atoms with E-state index in [-0.39, 0.29) is 23.7 Å². The molecule has 0 aliphatic carbocycles. The molecule has 0 unspecified atom stereocenters. The molecule has 1 aliphatic heterocycles. The Balaban J connectivity index is 0.00000208. The van der Waals surface area contributed by atoms with Crippen molar-refractivity contribution < 1.29 is 9.53 Å². The van der Waals surface area contributed by atoms with Gasteiger partial charge in [0.2, 0.25) is 5.91 Å². The number of aromatic nitrogens is 1. The lowest BCUT2D eigenvalue weighted by atomic mass is 9.90. The van der Waals surface area contributed by atoms with Crippen molar-refractivity contribution in [3.63, 3.8) is 0 Å². The number of benzene rings is 1. The number of ether oxygens (including phenoxy) is 1. The van der Waals surface area contributed by atoms with Crippen LogP contribution in [0.25, 0.3) is 10.2 Å². The lowest BCUT2D eigenvalue weighted by Gasteiger charge is -2.31. The van der Waals surface area contributed by atoms with Crippen molar-refractivity contribution in [2.75, 3.05) is 18.5 Å². The molecule has 0 atom stereocenters. The van der Waals surface area contributed by atoms with Crippen LogP contribution in [0.15, 0.2) is 18.2 Å². The number of hydrogen-bond acceptors (Lipinski definition) is 5. The van der Waals surface area contributed by atoms with E-state index in [1.165, 1.54) is 0 Å². The SMILES string of the molecule is CC(C)(C)c1nc2ccc(NC(=O)C3(N)CCOCC3)cc2s1.Cl. The number of halogens is 1. The predicted octanol–water partition coefficient (Wildman–Crippen LogP) is 3.46.